The average Bonchev–Trinajstić information content (AvgIpc) is 3.38. The number of hydrogen-bond acceptors (Lipinski definition) is 4. The molecular weight excluding hydrogens is 332 g/mol. The summed E-state index contributed by atoms with van der Waals surface area (Å²) in [5.41, 5.74) is 4.18. The summed E-state index contributed by atoms with van der Waals surface area (Å²) < 4.78 is 0. The number of fused-ring (bicyclic) bond motifs is 1. The Morgan fingerprint density at radius 1 is 1.00 bits per heavy atom. The van der Waals surface area contributed by atoms with E-state index in [1.807, 2.05) is 0 Å². The molecule has 0 unspecified atom stereocenters. The van der Waals surface area contributed by atoms with E-state index in [0.29, 0.717) is 12.0 Å². The zero-order valence-corrected chi connectivity index (χ0v) is 16.5. The summed E-state index contributed by atoms with van der Waals surface area (Å²) in [4.78, 5) is 12.4. The van der Waals surface area contributed by atoms with Crippen molar-refractivity contribution in [2.75, 3.05) is 10.2 Å². The van der Waals surface area contributed by atoms with E-state index >= 15 is 0 Å². The van der Waals surface area contributed by atoms with Crippen molar-refractivity contribution in [2.45, 2.75) is 82.8 Å². The van der Waals surface area contributed by atoms with E-state index in [-0.39, 0.29) is 5.54 Å². The molecule has 1 aromatic carbocycles. The molecule has 2 aliphatic carbocycles. The number of nitrogens with zero attached hydrogens (tertiary/aromatic N) is 3. The van der Waals surface area contributed by atoms with Gasteiger partial charge in [-0.3, -0.25) is 0 Å². The quantitative estimate of drug-likeness (QED) is 0.826. The molecule has 1 N–H and O–H groups in total. The first-order valence-electron chi connectivity index (χ1n) is 10.6. The van der Waals surface area contributed by atoms with E-state index < -0.39 is 0 Å². The summed E-state index contributed by atoms with van der Waals surface area (Å²) in [7, 11) is 0. The van der Waals surface area contributed by atoms with E-state index in [4.69, 9.17) is 9.97 Å². The van der Waals surface area contributed by atoms with Gasteiger partial charge in [-0.05, 0) is 57.1 Å². The maximum absolute atomic E-state index is 5.00. The number of hydrogen-bond donors (Lipinski definition) is 1. The summed E-state index contributed by atoms with van der Waals surface area (Å²) in [6.07, 6.45) is 8.73. The molecule has 5 rings (SSSR count). The molecule has 0 spiro atoms. The van der Waals surface area contributed by atoms with Crippen molar-refractivity contribution >= 4 is 11.8 Å². The lowest BCUT2D eigenvalue weighted by Crippen LogP contribution is -2.49. The third kappa shape index (κ3) is 3.42. The molecule has 4 heteroatoms. The number of rotatable bonds is 4. The van der Waals surface area contributed by atoms with Crippen LogP contribution in [0.4, 0.5) is 11.8 Å². The van der Waals surface area contributed by atoms with Crippen LogP contribution < -0.4 is 10.2 Å². The summed E-state index contributed by atoms with van der Waals surface area (Å²) in [5, 5.41) is 3.64. The van der Waals surface area contributed by atoms with Crippen LogP contribution in [-0.4, -0.2) is 21.5 Å². The number of anilines is 2. The first-order valence-corrected chi connectivity index (χ1v) is 10.6. The zero-order chi connectivity index (χ0) is 18.4. The Morgan fingerprint density at radius 2 is 1.74 bits per heavy atom. The second-order valence-corrected chi connectivity index (χ2v) is 9.22. The molecule has 2 fully saturated rings. The maximum atomic E-state index is 5.00. The molecule has 0 radical (unpaired) electrons. The molecule has 142 valence electrons. The molecule has 2 heterocycles. The molecule has 1 aliphatic heterocycles. The fraction of sp³-hybridized carbons (Fsp3) is 0.565. The van der Waals surface area contributed by atoms with E-state index in [1.54, 1.807) is 0 Å². The molecule has 2 saturated carbocycles. The van der Waals surface area contributed by atoms with Gasteiger partial charge in [-0.15, -0.1) is 0 Å². The Balaban J connectivity index is 1.50. The van der Waals surface area contributed by atoms with Gasteiger partial charge in [0.05, 0.1) is 5.69 Å². The van der Waals surface area contributed by atoms with Crippen LogP contribution >= 0.6 is 0 Å². The van der Waals surface area contributed by atoms with Gasteiger partial charge in [0.15, 0.2) is 0 Å². The van der Waals surface area contributed by atoms with Crippen LogP contribution in [0.3, 0.4) is 0 Å². The van der Waals surface area contributed by atoms with E-state index in [2.05, 4.69) is 54.4 Å². The van der Waals surface area contributed by atoms with Crippen LogP contribution in [0.1, 0.15) is 75.1 Å². The van der Waals surface area contributed by atoms with Crippen molar-refractivity contribution < 1.29 is 0 Å². The lowest BCUT2D eigenvalue weighted by molar-refractivity contribution is 0.427. The van der Waals surface area contributed by atoms with Gasteiger partial charge in [-0.2, -0.15) is 4.98 Å². The predicted molar refractivity (Wildman–Crippen MR) is 110 cm³/mol. The largest absolute Gasteiger partial charge is 0.351 e. The first-order chi connectivity index (χ1) is 13.1. The molecule has 4 nitrogen and oxygen atoms in total. The van der Waals surface area contributed by atoms with Crippen LogP contribution in [0.15, 0.2) is 30.3 Å². The number of benzene rings is 1. The summed E-state index contributed by atoms with van der Waals surface area (Å²) in [6, 6.07) is 11.6. The van der Waals surface area contributed by atoms with E-state index in [0.717, 1.165) is 24.7 Å². The zero-order valence-electron chi connectivity index (χ0n) is 16.5. The van der Waals surface area contributed by atoms with E-state index in [1.165, 1.54) is 55.3 Å². The predicted octanol–water partition coefficient (Wildman–Crippen LogP) is 5.05. The SMILES string of the molecule is CC1(C)Cc2ccccc2CN1c1cc(C2CC2)nc(NC2CCCC2)n1. The Labute approximate surface area is 162 Å². The fourth-order valence-electron chi connectivity index (χ4n) is 4.72. The highest BCUT2D eigenvalue weighted by molar-refractivity contribution is 5.52. The van der Waals surface area contributed by atoms with Crippen molar-refractivity contribution in [1.82, 2.24) is 9.97 Å². The second-order valence-electron chi connectivity index (χ2n) is 9.22. The molecule has 3 aliphatic rings. The van der Waals surface area contributed by atoms with Crippen molar-refractivity contribution in [1.29, 1.82) is 0 Å². The lowest BCUT2D eigenvalue weighted by Gasteiger charge is -2.44. The Kier molecular flexibility index (Phi) is 4.10. The smallest absolute Gasteiger partial charge is 0.225 e. The minimum Gasteiger partial charge on any atom is -0.351 e. The Morgan fingerprint density at radius 3 is 2.48 bits per heavy atom. The maximum Gasteiger partial charge on any atom is 0.225 e. The molecule has 0 saturated heterocycles. The molecule has 0 bridgehead atoms. The minimum absolute atomic E-state index is 0.0498. The monoisotopic (exact) mass is 362 g/mol. The van der Waals surface area contributed by atoms with Gasteiger partial charge in [0.25, 0.3) is 0 Å². The number of nitrogens with one attached hydrogen (secondary N) is 1. The Hall–Kier alpha value is -2.10. The topological polar surface area (TPSA) is 41.1 Å². The third-order valence-electron chi connectivity index (χ3n) is 6.49. The molecule has 1 aromatic heterocycles. The number of aromatic nitrogens is 2. The van der Waals surface area contributed by atoms with Gasteiger partial charge >= 0.3 is 0 Å². The average molecular weight is 363 g/mol. The normalized spacial score (nSPS) is 21.9. The van der Waals surface area contributed by atoms with Gasteiger partial charge in [0.1, 0.15) is 5.82 Å². The third-order valence-corrected chi connectivity index (χ3v) is 6.49. The lowest BCUT2D eigenvalue weighted by atomic mass is 9.85. The highest BCUT2D eigenvalue weighted by Gasteiger charge is 2.35. The van der Waals surface area contributed by atoms with Crippen LogP contribution in [0.2, 0.25) is 0 Å². The molecule has 27 heavy (non-hydrogen) atoms. The van der Waals surface area contributed by atoms with Gasteiger partial charge in [0.2, 0.25) is 5.95 Å². The van der Waals surface area contributed by atoms with Crippen LogP contribution in [0.5, 0.6) is 0 Å². The summed E-state index contributed by atoms with van der Waals surface area (Å²) in [5.74, 6) is 2.57. The van der Waals surface area contributed by atoms with Crippen molar-refractivity contribution in [3.63, 3.8) is 0 Å². The van der Waals surface area contributed by atoms with Crippen LogP contribution in [0.25, 0.3) is 0 Å². The van der Waals surface area contributed by atoms with Gasteiger partial charge in [-0.25, -0.2) is 4.98 Å². The highest BCUT2D eigenvalue weighted by Crippen LogP contribution is 2.42. The van der Waals surface area contributed by atoms with Crippen LogP contribution in [0, 0.1) is 0 Å². The minimum atomic E-state index is 0.0498. The molecule has 2 aromatic rings. The first kappa shape index (κ1) is 17.0. The van der Waals surface area contributed by atoms with Crippen molar-refractivity contribution in [3.05, 3.63) is 47.2 Å². The van der Waals surface area contributed by atoms with Crippen LogP contribution in [-0.2, 0) is 13.0 Å². The van der Waals surface area contributed by atoms with Gasteiger partial charge in [0, 0.05) is 30.1 Å². The van der Waals surface area contributed by atoms with Gasteiger partial charge in [-0.1, -0.05) is 37.1 Å². The fourth-order valence-corrected chi connectivity index (χ4v) is 4.72. The van der Waals surface area contributed by atoms with Crippen molar-refractivity contribution in [2.24, 2.45) is 0 Å². The van der Waals surface area contributed by atoms with Crippen molar-refractivity contribution in [3.8, 4) is 0 Å². The molecular formula is C23H30N4. The summed E-state index contributed by atoms with van der Waals surface area (Å²) in [6.45, 7) is 5.60. The summed E-state index contributed by atoms with van der Waals surface area (Å²) >= 11 is 0. The van der Waals surface area contributed by atoms with E-state index in [9.17, 15) is 0 Å². The molecule has 0 atom stereocenters. The Bertz CT molecular complexity index is 834. The highest BCUT2D eigenvalue weighted by atomic mass is 15.3. The molecule has 0 amide bonds. The van der Waals surface area contributed by atoms with Gasteiger partial charge < -0.3 is 10.2 Å². The second kappa shape index (κ2) is 6.50. The standard InChI is InChI=1S/C23H30N4/c1-23(2)14-17-7-3-4-8-18(17)15-27(23)21-13-20(16-11-12-16)25-22(26-21)24-19-9-5-6-10-19/h3-4,7-8,13,16,19H,5-6,9-12,14-15H2,1-2H3,(H,24,25,26).